The average Bonchev–Trinajstić information content (AvgIpc) is 3.51. The molecule has 13 heteroatoms. The number of fused-ring (bicyclic) bond motifs is 2. The van der Waals surface area contributed by atoms with E-state index in [-0.39, 0.29) is 0 Å². The number of nitrogens with zero attached hydrogens (tertiary/aromatic N) is 7. The maximum Gasteiger partial charge on any atom is 0.223 e. The number of piperazine rings is 1. The number of aromatic amines is 1. The number of anilines is 3. The van der Waals surface area contributed by atoms with E-state index in [1.54, 1.807) is 33.9 Å². The van der Waals surface area contributed by atoms with Crippen molar-refractivity contribution in [1.82, 2.24) is 30.1 Å². The van der Waals surface area contributed by atoms with Gasteiger partial charge in [-0.1, -0.05) is 12.1 Å². The molecule has 240 valence electrons. The molecular weight excluding hydrogens is 662 g/mol. The normalized spacial score (nSPS) is 13.3. The van der Waals surface area contributed by atoms with E-state index in [2.05, 4.69) is 80.5 Å². The van der Waals surface area contributed by atoms with Gasteiger partial charge in [0, 0.05) is 55.6 Å². The van der Waals surface area contributed by atoms with Crippen LogP contribution in [-0.4, -0.2) is 84.2 Å². The molecule has 7 rings (SSSR count). The molecule has 6 aromatic rings. The topological polar surface area (TPSA) is 126 Å². The zero-order valence-electron chi connectivity index (χ0n) is 26.3. The average molecular weight is 697 g/mol. The molecule has 3 aromatic heterocycles. The van der Waals surface area contributed by atoms with Crippen LogP contribution in [0.2, 0.25) is 0 Å². The molecule has 1 aliphatic rings. The van der Waals surface area contributed by atoms with E-state index in [1.165, 1.54) is 0 Å². The van der Waals surface area contributed by atoms with Gasteiger partial charge >= 0.3 is 0 Å². The second kappa shape index (κ2) is 13.3. The predicted octanol–water partition coefficient (Wildman–Crippen LogP) is 5.73. The Morgan fingerprint density at radius 1 is 0.851 bits per heavy atom. The molecule has 4 heterocycles. The molecule has 2 N–H and O–H groups in total. The maximum absolute atomic E-state index is 5.61. The van der Waals surface area contributed by atoms with Gasteiger partial charge in [0.2, 0.25) is 5.95 Å². The lowest BCUT2D eigenvalue weighted by atomic mass is 10.0. The number of hydrogen-bond acceptors (Lipinski definition) is 11. The van der Waals surface area contributed by atoms with Gasteiger partial charge in [-0.05, 0) is 75.8 Å². The molecule has 0 unspecified atom stereocenters. The molecule has 47 heavy (non-hydrogen) atoms. The maximum atomic E-state index is 5.61. The summed E-state index contributed by atoms with van der Waals surface area (Å²) in [7, 11) is 4.98. The highest BCUT2D eigenvalue weighted by Gasteiger charge is 2.24. The fraction of sp³-hybridized carbons (Fsp3) is 0.265. The van der Waals surface area contributed by atoms with Crippen molar-refractivity contribution in [2.75, 3.05) is 69.2 Å². The third-order valence-electron chi connectivity index (χ3n) is 8.45. The number of halogens is 1. The molecule has 1 saturated heterocycles. The number of ether oxygens (including phenoxy) is 3. The molecule has 3 aromatic carbocycles. The van der Waals surface area contributed by atoms with Crippen LogP contribution in [0.3, 0.4) is 0 Å². The molecule has 0 spiro atoms. The third-order valence-corrected chi connectivity index (χ3v) is 9.02. The molecular formula is C34H34BrN9O3. The predicted molar refractivity (Wildman–Crippen MR) is 187 cm³/mol. The smallest absolute Gasteiger partial charge is 0.223 e. The summed E-state index contributed by atoms with van der Waals surface area (Å²) in [6, 6.07) is 18.5. The van der Waals surface area contributed by atoms with Crippen molar-refractivity contribution in [3.63, 3.8) is 0 Å². The van der Waals surface area contributed by atoms with Crippen molar-refractivity contribution in [2.45, 2.75) is 6.42 Å². The Labute approximate surface area is 280 Å². The van der Waals surface area contributed by atoms with E-state index in [4.69, 9.17) is 19.2 Å². The number of benzene rings is 3. The first-order valence-corrected chi connectivity index (χ1v) is 16.1. The lowest BCUT2D eigenvalue weighted by molar-refractivity contribution is 0.354. The molecule has 1 aliphatic heterocycles. The van der Waals surface area contributed by atoms with Crippen molar-refractivity contribution in [1.29, 1.82) is 0 Å². The molecule has 0 aliphatic carbocycles. The Balaban J connectivity index is 1.13. The Kier molecular flexibility index (Phi) is 8.62. The van der Waals surface area contributed by atoms with E-state index in [0.29, 0.717) is 24.0 Å². The van der Waals surface area contributed by atoms with Gasteiger partial charge in [-0.25, -0.2) is 19.9 Å². The van der Waals surface area contributed by atoms with Gasteiger partial charge in [0.25, 0.3) is 0 Å². The van der Waals surface area contributed by atoms with E-state index < -0.39 is 0 Å². The van der Waals surface area contributed by atoms with Crippen LogP contribution in [0.5, 0.6) is 17.2 Å². The number of hydrogen-bond donors (Lipinski definition) is 2. The Bertz CT molecular complexity index is 2050. The van der Waals surface area contributed by atoms with E-state index in [9.17, 15) is 0 Å². The summed E-state index contributed by atoms with van der Waals surface area (Å²) < 4.78 is 17.1. The van der Waals surface area contributed by atoms with Gasteiger partial charge < -0.3 is 29.3 Å². The Morgan fingerprint density at radius 2 is 1.68 bits per heavy atom. The van der Waals surface area contributed by atoms with Crippen LogP contribution in [-0.2, 0) is 6.42 Å². The van der Waals surface area contributed by atoms with Crippen LogP contribution in [0, 0.1) is 0 Å². The highest BCUT2D eigenvalue weighted by Crippen LogP contribution is 2.37. The third kappa shape index (κ3) is 6.18. The standard InChI is InChI=1S/C34H34BrN9O3/c1-45-24-6-5-22-17-23(26-9-11-37-34(40-26)36-10-8-21-4-7-28(46-2)29(16-21)47-3)18-27(25(22)19-24)43-12-14-44(15-13-43)33-30-31(35)41-42-32(30)38-20-39-33/h4-7,9,11,16-20H,8,10,12-15H2,1-3H3,(H,36,37,40)(H,38,39,41,42). The van der Waals surface area contributed by atoms with Crippen molar-refractivity contribution in [3.05, 3.63) is 77.3 Å². The monoisotopic (exact) mass is 695 g/mol. The van der Waals surface area contributed by atoms with Crippen molar-refractivity contribution in [2.24, 2.45) is 0 Å². The van der Waals surface area contributed by atoms with Gasteiger partial charge in [-0.3, -0.25) is 5.10 Å². The van der Waals surface area contributed by atoms with Gasteiger partial charge in [-0.15, -0.1) is 0 Å². The molecule has 0 saturated carbocycles. The van der Waals surface area contributed by atoms with Gasteiger partial charge in [0.15, 0.2) is 17.1 Å². The Hall–Kier alpha value is -5.17. The Morgan fingerprint density at radius 3 is 2.49 bits per heavy atom. The van der Waals surface area contributed by atoms with Gasteiger partial charge in [0.05, 0.1) is 32.4 Å². The summed E-state index contributed by atoms with van der Waals surface area (Å²) >= 11 is 3.55. The number of rotatable bonds is 10. The lowest BCUT2D eigenvalue weighted by Crippen LogP contribution is -2.47. The first-order chi connectivity index (χ1) is 23.0. The largest absolute Gasteiger partial charge is 0.497 e. The van der Waals surface area contributed by atoms with Crippen molar-refractivity contribution in [3.8, 4) is 28.5 Å². The van der Waals surface area contributed by atoms with Crippen LogP contribution in [0.4, 0.5) is 17.5 Å². The van der Waals surface area contributed by atoms with Crippen LogP contribution in [0.1, 0.15) is 5.56 Å². The lowest BCUT2D eigenvalue weighted by Gasteiger charge is -2.37. The van der Waals surface area contributed by atoms with Crippen LogP contribution >= 0.6 is 15.9 Å². The summed E-state index contributed by atoms with van der Waals surface area (Å²) in [6.45, 7) is 3.87. The number of aromatic nitrogens is 6. The number of H-pyrrole nitrogens is 1. The minimum absolute atomic E-state index is 0.578. The highest BCUT2D eigenvalue weighted by molar-refractivity contribution is 9.10. The van der Waals surface area contributed by atoms with Gasteiger partial charge in [-0.2, -0.15) is 5.10 Å². The fourth-order valence-corrected chi connectivity index (χ4v) is 6.47. The quantitative estimate of drug-likeness (QED) is 0.182. The summed E-state index contributed by atoms with van der Waals surface area (Å²) in [6.07, 6.45) is 4.16. The molecule has 1 fully saturated rings. The molecule has 12 nitrogen and oxygen atoms in total. The van der Waals surface area contributed by atoms with Crippen molar-refractivity contribution < 1.29 is 14.2 Å². The minimum atomic E-state index is 0.578. The fourth-order valence-electron chi connectivity index (χ4n) is 6.02. The van der Waals surface area contributed by atoms with Crippen molar-refractivity contribution >= 4 is 55.2 Å². The van der Waals surface area contributed by atoms with Crippen LogP contribution in [0.25, 0.3) is 33.1 Å². The van der Waals surface area contributed by atoms with Crippen LogP contribution in [0.15, 0.2) is 71.7 Å². The minimum Gasteiger partial charge on any atom is -0.497 e. The summed E-state index contributed by atoms with van der Waals surface area (Å²) in [5.74, 6) is 3.70. The first kappa shape index (κ1) is 30.5. The summed E-state index contributed by atoms with van der Waals surface area (Å²) in [4.78, 5) is 23.0. The SMILES string of the molecule is COc1ccc2cc(-c3ccnc(NCCc4ccc(OC)c(OC)c4)n3)cc(N3CCN(c4ncnc5[nH]nc(Br)c45)CC3)c2c1. The highest BCUT2D eigenvalue weighted by atomic mass is 79.9. The number of nitrogens with one attached hydrogen (secondary N) is 2. The summed E-state index contributed by atoms with van der Waals surface area (Å²) in [5, 5.41) is 13.8. The first-order valence-electron chi connectivity index (χ1n) is 15.3. The molecule has 0 radical (unpaired) electrons. The molecule has 0 atom stereocenters. The zero-order chi connectivity index (χ0) is 32.3. The summed E-state index contributed by atoms with van der Waals surface area (Å²) in [5.41, 5.74) is 4.84. The van der Waals surface area contributed by atoms with E-state index in [0.717, 1.165) is 93.1 Å². The second-order valence-corrected chi connectivity index (χ2v) is 11.9. The van der Waals surface area contributed by atoms with Crippen LogP contribution < -0.4 is 29.3 Å². The number of methoxy groups -OCH3 is 3. The van der Waals surface area contributed by atoms with E-state index in [1.807, 2.05) is 30.3 Å². The second-order valence-electron chi connectivity index (χ2n) is 11.1. The van der Waals surface area contributed by atoms with E-state index >= 15 is 0 Å². The van der Waals surface area contributed by atoms with Gasteiger partial charge in [0.1, 0.15) is 22.5 Å². The molecule has 0 amide bonds. The molecule has 0 bridgehead atoms. The zero-order valence-corrected chi connectivity index (χ0v) is 27.9.